The second-order valence-electron chi connectivity index (χ2n) is 8.97. The highest BCUT2D eigenvalue weighted by atomic mass is 32.2. The van der Waals surface area contributed by atoms with Gasteiger partial charge < -0.3 is 16.0 Å². The summed E-state index contributed by atoms with van der Waals surface area (Å²) in [6.07, 6.45) is 4.95. The number of sulfonamides is 1. The largest absolute Gasteiger partial charge is 0.348 e. The Morgan fingerprint density at radius 2 is 1.71 bits per heavy atom. The summed E-state index contributed by atoms with van der Waals surface area (Å²) in [6, 6.07) is 13.1. The first-order valence-corrected chi connectivity index (χ1v) is 13.1. The summed E-state index contributed by atoms with van der Waals surface area (Å²) in [4.78, 5) is 24.6. The van der Waals surface area contributed by atoms with Crippen molar-refractivity contribution in [3.8, 4) is 0 Å². The van der Waals surface area contributed by atoms with Gasteiger partial charge in [-0.25, -0.2) is 13.2 Å². The molecule has 9 heteroatoms. The van der Waals surface area contributed by atoms with Crippen LogP contribution in [0.15, 0.2) is 53.4 Å². The van der Waals surface area contributed by atoms with Crippen LogP contribution in [0.3, 0.4) is 0 Å². The van der Waals surface area contributed by atoms with E-state index in [1.54, 1.807) is 31.3 Å². The third-order valence-electron chi connectivity index (χ3n) is 5.95. The van der Waals surface area contributed by atoms with Crippen molar-refractivity contribution in [3.05, 3.63) is 59.7 Å². The summed E-state index contributed by atoms with van der Waals surface area (Å²) >= 11 is 0. The third-order valence-corrected chi connectivity index (χ3v) is 7.85. The van der Waals surface area contributed by atoms with Gasteiger partial charge in [0.15, 0.2) is 0 Å². The van der Waals surface area contributed by atoms with Gasteiger partial charge in [-0.3, -0.25) is 4.79 Å². The number of anilines is 1. The van der Waals surface area contributed by atoms with Crippen molar-refractivity contribution in [1.82, 2.24) is 14.9 Å². The predicted molar refractivity (Wildman–Crippen MR) is 133 cm³/mol. The number of nitrogens with zero attached hydrogens (tertiary/aromatic N) is 1. The first-order chi connectivity index (χ1) is 16.2. The van der Waals surface area contributed by atoms with Gasteiger partial charge in [0.25, 0.3) is 5.91 Å². The molecule has 0 aliphatic heterocycles. The maximum absolute atomic E-state index is 13.1. The molecule has 0 saturated heterocycles. The second-order valence-corrected chi connectivity index (χ2v) is 11.0. The highest BCUT2D eigenvalue weighted by Gasteiger charge is 2.29. The normalized spacial score (nSPS) is 14.7. The number of hydrogen-bond donors (Lipinski definition) is 3. The van der Waals surface area contributed by atoms with E-state index in [9.17, 15) is 18.0 Å². The van der Waals surface area contributed by atoms with Crippen molar-refractivity contribution in [2.45, 2.75) is 69.5 Å². The lowest BCUT2D eigenvalue weighted by Crippen LogP contribution is -2.38. The highest BCUT2D eigenvalue weighted by molar-refractivity contribution is 7.89. The van der Waals surface area contributed by atoms with Crippen LogP contribution in [0.5, 0.6) is 0 Å². The number of benzene rings is 2. The van der Waals surface area contributed by atoms with E-state index < -0.39 is 10.0 Å². The Bertz CT molecular complexity index is 1090. The molecule has 2 aromatic rings. The van der Waals surface area contributed by atoms with Crippen LogP contribution in [-0.2, 0) is 16.6 Å². The van der Waals surface area contributed by atoms with Crippen LogP contribution >= 0.6 is 0 Å². The minimum absolute atomic E-state index is 0.00476. The molecule has 8 nitrogen and oxygen atoms in total. The summed E-state index contributed by atoms with van der Waals surface area (Å²) in [5.74, 6) is -0.351. The van der Waals surface area contributed by atoms with Gasteiger partial charge in [-0.2, -0.15) is 4.31 Å². The minimum atomic E-state index is -3.67. The van der Waals surface area contributed by atoms with Crippen LogP contribution < -0.4 is 16.0 Å². The van der Waals surface area contributed by atoms with Crippen LogP contribution in [0, 0.1) is 0 Å². The molecule has 1 aliphatic carbocycles. The average Bonchev–Trinajstić information content (AvgIpc) is 2.83. The van der Waals surface area contributed by atoms with Gasteiger partial charge in [0.1, 0.15) is 0 Å². The molecule has 0 radical (unpaired) electrons. The molecule has 3 rings (SSSR count). The summed E-state index contributed by atoms with van der Waals surface area (Å²) in [6.45, 7) is 4.03. The Hall–Kier alpha value is -2.91. The van der Waals surface area contributed by atoms with Gasteiger partial charge in [-0.15, -0.1) is 0 Å². The average molecular weight is 487 g/mol. The molecular weight excluding hydrogens is 452 g/mol. The molecule has 1 saturated carbocycles. The van der Waals surface area contributed by atoms with Gasteiger partial charge in [-0.1, -0.05) is 37.5 Å². The first kappa shape index (κ1) is 25.7. The van der Waals surface area contributed by atoms with Crippen LogP contribution in [0.25, 0.3) is 0 Å². The summed E-state index contributed by atoms with van der Waals surface area (Å²) in [5, 5.41) is 8.32. The van der Waals surface area contributed by atoms with Crippen LogP contribution in [0.4, 0.5) is 10.5 Å². The lowest BCUT2D eigenvalue weighted by Gasteiger charge is -2.30. The summed E-state index contributed by atoms with van der Waals surface area (Å²) in [7, 11) is -2.04. The van der Waals surface area contributed by atoms with Crippen LogP contribution in [-0.4, -0.2) is 43.8 Å². The lowest BCUT2D eigenvalue weighted by molar-refractivity contribution is 0.0950. The number of carbonyl (C=O) groups excluding carboxylic acids is 2. The molecule has 34 heavy (non-hydrogen) atoms. The molecule has 184 valence electrons. The molecule has 0 bridgehead atoms. The molecule has 3 N–H and O–H groups in total. The molecule has 3 amide bonds. The van der Waals surface area contributed by atoms with E-state index in [0.29, 0.717) is 11.3 Å². The van der Waals surface area contributed by atoms with E-state index >= 15 is 0 Å². The van der Waals surface area contributed by atoms with Gasteiger partial charge in [0.2, 0.25) is 10.0 Å². The standard InChI is InChI=1S/C25H34N4O4S/c1-18(2)27-25(31)28-21-14-12-19(13-15-21)17-26-24(30)20-8-7-11-23(16-20)34(32,33)29(3)22-9-5-4-6-10-22/h7-8,11-16,18,22H,4-6,9-10,17H2,1-3H3,(H,26,30)(H2,27,28,31). The predicted octanol–water partition coefficient (Wildman–Crippen LogP) is 4.10. The molecule has 0 unspecified atom stereocenters. The molecule has 0 spiro atoms. The maximum atomic E-state index is 13.1. The number of amides is 3. The van der Waals surface area contributed by atoms with Crippen LogP contribution in [0.1, 0.15) is 61.9 Å². The zero-order chi connectivity index (χ0) is 24.7. The number of rotatable bonds is 8. The Morgan fingerprint density at radius 1 is 1.03 bits per heavy atom. The Kier molecular flexibility index (Phi) is 8.68. The SMILES string of the molecule is CC(C)NC(=O)Nc1ccc(CNC(=O)c2cccc(S(=O)(=O)N(C)C3CCCCC3)c2)cc1. The molecule has 2 aromatic carbocycles. The summed E-state index contributed by atoms with van der Waals surface area (Å²) in [5.41, 5.74) is 1.79. The lowest BCUT2D eigenvalue weighted by atomic mass is 9.96. The Morgan fingerprint density at radius 3 is 2.35 bits per heavy atom. The van der Waals surface area contributed by atoms with E-state index in [4.69, 9.17) is 0 Å². The molecule has 0 aromatic heterocycles. The zero-order valence-electron chi connectivity index (χ0n) is 20.0. The Labute approximate surface area is 202 Å². The fourth-order valence-electron chi connectivity index (χ4n) is 4.02. The quantitative estimate of drug-likeness (QED) is 0.522. The van der Waals surface area contributed by atoms with Gasteiger partial charge in [0, 0.05) is 36.9 Å². The van der Waals surface area contributed by atoms with Crippen LogP contribution in [0.2, 0.25) is 0 Å². The van der Waals surface area contributed by atoms with Gasteiger partial charge in [-0.05, 0) is 62.6 Å². The number of carbonyl (C=O) groups is 2. The van der Waals surface area contributed by atoms with Gasteiger partial charge in [0.05, 0.1) is 4.90 Å². The monoisotopic (exact) mass is 486 g/mol. The van der Waals surface area contributed by atoms with Crippen molar-refractivity contribution in [1.29, 1.82) is 0 Å². The zero-order valence-corrected chi connectivity index (χ0v) is 20.8. The number of nitrogens with one attached hydrogen (secondary N) is 3. The van der Waals surface area contributed by atoms with Crippen molar-refractivity contribution in [2.75, 3.05) is 12.4 Å². The first-order valence-electron chi connectivity index (χ1n) is 11.7. The highest BCUT2D eigenvalue weighted by Crippen LogP contribution is 2.26. The molecule has 1 fully saturated rings. The number of hydrogen-bond acceptors (Lipinski definition) is 4. The fourth-order valence-corrected chi connectivity index (χ4v) is 5.49. The minimum Gasteiger partial charge on any atom is -0.348 e. The maximum Gasteiger partial charge on any atom is 0.319 e. The smallest absolute Gasteiger partial charge is 0.319 e. The van der Waals surface area contributed by atoms with Crippen molar-refractivity contribution in [3.63, 3.8) is 0 Å². The van der Waals surface area contributed by atoms with E-state index in [1.165, 1.54) is 16.4 Å². The Balaban J connectivity index is 1.60. The van der Waals surface area contributed by atoms with E-state index in [-0.39, 0.29) is 35.5 Å². The van der Waals surface area contributed by atoms with E-state index in [1.807, 2.05) is 26.0 Å². The second kappa shape index (κ2) is 11.5. The summed E-state index contributed by atoms with van der Waals surface area (Å²) < 4.78 is 27.7. The van der Waals surface area contributed by atoms with E-state index in [2.05, 4.69) is 16.0 Å². The van der Waals surface area contributed by atoms with Crippen molar-refractivity contribution < 1.29 is 18.0 Å². The molecule has 1 aliphatic rings. The van der Waals surface area contributed by atoms with Gasteiger partial charge >= 0.3 is 6.03 Å². The van der Waals surface area contributed by atoms with Crippen molar-refractivity contribution >= 4 is 27.6 Å². The van der Waals surface area contributed by atoms with Crippen molar-refractivity contribution in [2.24, 2.45) is 0 Å². The number of urea groups is 1. The molecule has 0 heterocycles. The third kappa shape index (κ3) is 6.80. The van der Waals surface area contributed by atoms with E-state index in [0.717, 1.165) is 37.7 Å². The molecular formula is C25H34N4O4S. The topological polar surface area (TPSA) is 108 Å². The molecule has 0 atom stereocenters. The fraction of sp³-hybridized carbons (Fsp3) is 0.440.